The second-order valence-electron chi connectivity index (χ2n) is 10.1. The molecule has 2 heterocycles. The van der Waals surface area contributed by atoms with Crippen molar-refractivity contribution in [2.75, 3.05) is 13.7 Å². The summed E-state index contributed by atoms with van der Waals surface area (Å²) in [6.45, 7) is 16.0. The number of hydrogen-bond donors (Lipinski definition) is 0. The van der Waals surface area contributed by atoms with Gasteiger partial charge in [-0.05, 0) is 45.3 Å². The Hall–Kier alpha value is -1.68. The smallest absolute Gasteiger partial charge is 0.464 e. The molecule has 0 saturated carbocycles. The highest BCUT2D eigenvalue weighted by molar-refractivity contribution is 6.76. The van der Waals surface area contributed by atoms with Gasteiger partial charge in [-0.2, -0.15) is 5.10 Å². The summed E-state index contributed by atoms with van der Waals surface area (Å²) < 4.78 is 24.8. The molecule has 1 saturated heterocycles. The van der Waals surface area contributed by atoms with Gasteiger partial charge < -0.3 is 18.8 Å². The molecule has 0 unspecified atom stereocenters. The number of methoxy groups -OCH3 is 1. The van der Waals surface area contributed by atoms with Crippen molar-refractivity contribution in [1.29, 1.82) is 0 Å². The molecule has 164 valence electrons. The Balaban J connectivity index is 1.89. The molecule has 0 aliphatic carbocycles. The Morgan fingerprint density at radius 3 is 2.37 bits per heavy atom. The van der Waals surface area contributed by atoms with Crippen LogP contribution >= 0.6 is 0 Å². The largest absolute Gasteiger partial charge is 0.494 e. The molecule has 0 N–H and O–H groups in total. The van der Waals surface area contributed by atoms with Crippen molar-refractivity contribution in [1.82, 2.24) is 9.78 Å². The van der Waals surface area contributed by atoms with Crippen LogP contribution in [0.5, 0.6) is 0 Å². The van der Waals surface area contributed by atoms with Crippen molar-refractivity contribution in [2.45, 2.75) is 71.3 Å². The molecule has 1 fully saturated rings. The Labute approximate surface area is 180 Å². The van der Waals surface area contributed by atoms with Crippen LogP contribution in [0.2, 0.25) is 25.7 Å². The van der Waals surface area contributed by atoms with Crippen LogP contribution < -0.4 is 5.46 Å². The lowest BCUT2D eigenvalue weighted by molar-refractivity contribution is 0.00578. The highest BCUT2D eigenvalue weighted by atomic mass is 28.3. The van der Waals surface area contributed by atoms with E-state index in [1.54, 1.807) is 4.68 Å². The molecule has 0 atom stereocenters. The van der Waals surface area contributed by atoms with Crippen LogP contribution in [0.25, 0.3) is 10.9 Å². The van der Waals surface area contributed by atoms with Crippen LogP contribution in [0, 0.1) is 0 Å². The first-order valence-electron chi connectivity index (χ1n) is 10.4. The molecule has 1 aliphatic heterocycles. The van der Waals surface area contributed by atoms with Crippen molar-refractivity contribution in [3.8, 4) is 0 Å². The van der Waals surface area contributed by atoms with Gasteiger partial charge in [-0.25, -0.2) is 9.48 Å². The molecular weight excluding hydrogens is 399 g/mol. The number of carbonyl (C=O) groups excluding carboxylic acids is 1. The van der Waals surface area contributed by atoms with E-state index in [-0.39, 0.29) is 12.4 Å². The van der Waals surface area contributed by atoms with Gasteiger partial charge in [-0.3, -0.25) is 0 Å². The maximum Gasteiger partial charge on any atom is 0.494 e. The predicted molar refractivity (Wildman–Crippen MR) is 121 cm³/mol. The zero-order valence-corrected chi connectivity index (χ0v) is 20.4. The molecule has 2 aromatic rings. The summed E-state index contributed by atoms with van der Waals surface area (Å²) in [4.78, 5) is 12.3. The molecule has 1 aromatic heterocycles. The topological polar surface area (TPSA) is 71.8 Å². The van der Waals surface area contributed by atoms with Crippen molar-refractivity contribution in [2.24, 2.45) is 0 Å². The molecule has 7 nitrogen and oxygen atoms in total. The Morgan fingerprint density at radius 1 is 1.17 bits per heavy atom. The highest BCUT2D eigenvalue weighted by Crippen LogP contribution is 2.36. The third-order valence-corrected chi connectivity index (χ3v) is 7.59. The van der Waals surface area contributed by atoms with Crippen LogP contribution in [0.15, 0.2) is 18.2 Å². The summed E-state index contributed by atoms with van der Waals surface area (Å²) in [6, 6.07) is 6.85. The number of rotatable bonds is 7. The lowest BCUT2D eigenvalue weighted by atomic mass is 9.78. The number of carbonyl (C=O) groups is 1. The van der Waals surface area contributed by atoms with E-state index in [0.717, 1.165) is 17.0 Å². The fourth-order valence-corrected chi connectivity index (χ4v) is 3.95. The summed E-state index contributed by atoms with van der Waals surface area (Å²) in [7, 11) is -0.326. The normalized spacial score (nSPS) is 18.2. The van der Waals surface area contributed by atoms with E-state index in [1.807, 2.05) is 45.9 Å². The van der Waals surface area contributed by atoms with Gasteiger partial charge in [0, 0.05) is 20.1 Å². The lowest BCUT2D eigenvalue weighted by Crippen LogP contribution is -2.41. The molecule has 0 spiro atoms. The lowest BCUT2D eigenvalue weighted by Gasteiger charge is -2.32. The maximum atomic E-state index is 12.3. The number of fused-ring (bicyclic) bond motifs is 1. The summed E-state index contributed by atoms with van der Waals surface area (Å²) in [5.41, 5.74) is 1.03. The van der Waals surface area contributed by atoms with Gasteiger partial charge in [-0.1, -0.05) is 31.8 Å². The second-order valence-corrected chi connectivity index (χ2v) is 15.7. The van der Waals surface area contributed by atoms with E-state index >= 15 is 0 Å². The van der Waals surface area contributed by atoms with E-state index in [0.29, 0.717) is 12.0 Å². The quantitative estimate of drug-likeness (QED) is 0.379. The monoisotopic (exact) mass is 432 g/mol. The molecule has 0 amide bonds. The first kappa shape index (κ1) is 23.0. The number of ether oxygens (including phenoxy) is 2. The second kappa shape index (κ2) is 8.11. The van der Waals surface area contributed by atoms with Crippen molar-refractivity contribution in [3.63, 3.8) is 0 Å². The first-order chi connectivity index (χ1) is 13.8. The average molecular weight is 432 g/mol. The molecule has 0 radical (unpaired) electrons. The van der Waals surface area contributed by atoms with Crippen LogP contribution in [0.4, 0.5) is 0 Å². The summed E-state index contributed by atoms with van der Waals surface area (Å²) in [5.74, 6) is -0.480. The van der Waals surface area contributed by atoms with Crippen molar-refractivity contribution >= 4 is 37.5 Å². The van der Waals surface area contributed by atoms with E-state index in [1.165, 1.54) is 7.11 Å². The third-order valence-electron chi connectivity index (χ3n) is 5.89. The van der Waals surface area contributed by atoms with Crippen molar-refractivity contribution in [3.05, 3.63) is 23.9 Å². The minimum absolute atomic E-state index is 0.264. The Bertz CT molecular complexity index is 919. The van der Waals surface area contributed by atoms with Crippen LogP contribution in [0.3, 0.4) is 0 Å². The minimum atomic E-state index is -1.17. The Kier molecular flexibility index (Phi) is 6.21. The maximum absolute atomic E-state index is 12.3. The molecular formula is C21H33BN2O5Si. The number of hydrogen-bond acceptors (Lipinski definition) is 6. The van der Waals surface area contributed by atoms with E-state index in [2.05, 4.69) is 24.7 Å². The van der Waals surface area contributed by atoms with Gasteiger partial charge in [0.1, 0.15) is 6.73 Å². The van der Waals surface area contributed by atoms with Gasteiger partial charge in [0.05, 0.1) is 23.8 Å². The molecule has 0 bridgehead atoms. The highest BCUT2D eigenvalue weighted by Gasteiger charge is 2.51. The first-order valence-corrected chi connectivity index (χ1v) is 14.1. The number of aromatic nitrogens is 2. The zero-order chi connectivity index (χ0) is 22.3. The van der Waals surface area contributed by atoms with Crippen LogP contribution in [-0.4, -0.2) is 55.9 Å². The predicted octanol–water partition coefficient (Wildman–Crippen LogP) is 3.43. The summed E-state index contributed by atoms with van der Waals surface area (Å²) in [5, 5.41) is 5.16. The SMILES string of the molecule is COC(=O)c1nn(COCC[Si](C)(C)C)c2ccc(B3OC(C)(C)C(C)(C)O3)cc12. The van der Waals surface area contributed by atoms with Gasteiger partial charge in [0.25, 0.3) is 0 Å². The van der Waals surface area contributed by atoms with Gasteiger partial charge >= 0.3 is 13.1 Å². The van der Waals surface area contributed by atoms with Crippen molar-refractivity contribution < 1.29 is 23.6 Å². The minimum Gasteiger partial charge on any atom is -0.464 e. The average Bonchev–Trinajstić information content (AvgIpc) is 3.11. The number of esters is 1. The summed E-state index contributed by atoms with van der Waals surface area (Å²) in [6.07, 6.45) is 0. The van der Waals surface area contributed by atoms with Gasteiger partial charge in [0.2, 0.25) is 0 Å². The van der Waals surface area contributed by atoms with Crippen LogP contribution in [-0.2, 0) is 25.5 Å². The van der Waals surface area contributed by atoms with Gasteiger partial charge in [0.15, 0.2) is 5.69 Å². The van der Waals surface area contributed by atoms with E-state index in [4.69, 9.17) is 18.8 Å². The third kappa shape index (κ3) is 4.64. The summed E-state index contributed by atoms with van der Waals surface area (Å²) >= 11 is 0. The van der Waals surface area contributed by atoms with Gasteiger partial charge in [-0.15, -0.1) is 0 Å². The standard InChI is InChI=1S/C21H33BN2O5Si/c1-20(2)21(3,4)29-22(28-20)15-9-10-17-16(13-15)18(19(25)26-5)23-24(17)14-27-11-12-30(6,7)8/h9-10,13H,11-12,14H2,1-8H3. The zero-order valence-electron chi connectivity index (χ0n) is 19.4. The fraction of sp³-hybridized carbons (Fsp3) is 0.619. The molecule has 3 rings (SSSR count). The number of nitrogens with zero attached hydrogens (tertiary/aromatic N) is 2. The van der Waals surface area contributed by atoms with E-state index in [9.17, 15) is 4.79 Å². The molecule has 1 aliphatic rings. The van der Waals surface area contributed by atoms with E-state index < -0.39 is 32.4 Å². The van der Waals surface area contributed by atoms with Crippen LogP contribution in [0.1, 0.15) is 38.2 Å². The molecule has 9 heteroatoms. The Morgan fingerprint density at radius 2 is 1.80 bits per heavy atom. The number of benzene rings is 1. The molecule has 30 heavy (non-hydrogen) atoms. The molecule has 1 aromatic carbocycles. The fourth-order valence-electron chi connectivity index (χ4n) is 3.20.